The van der Waals surface area contributed by atoms with E-state index in [-0.39, 0.29) is 5.76 Å². The second kappa shape index (κ2) is 3.19. The number of hydrogen-bond acceptors (Lipinski definition) is 5. The van der Waals surface area contributed by atoms with Crippen LogP contribution >= 0.6 is 0 Å². The Labute approximate surface area is 73.7 Å². The number of aryl methyl sites for hydroxylation is 1. The van der Waals surface area contributed by atoms with Crippen LogP contribution in [0, 0.1) is 6.92 Å². The molecule has 0 fully saturated rings. The summed E-state index contributed by atoms with van der Waals surface area (Å²) in [6.45, 7) is 1.34. The quantitative estimate of drug-likeness (QED) is 0.691. The van der Waals surface area contributed by atoms with Crippen molar-refractivity contribution in [3.05, 3.63) is 28.3 Å². The number of hydrogen-bond donors (Lipinski definition) is 1. The summed E-state index contributed by atoms with van der Waals surface area (Å²) in [6, 6.07) is 0.980. The summed E-state index contributed by atoms with van der Waals surface area (Å²) in [6.07, 6.45) is 1.09. The molecule has 0 radical (unpaired) electrons. The van der Waals surface area contributed by atoms with E-state index in [9.17, 15) is 13.2 Å². The summed E-state index contributed by atoms with van der Waals surface area (Å²) >= 11 is 0. The fraction of sp³-hybridized carbons (Fsp3) is 0.167. The van der Waals surface area contributed by atoms with Gasteiger partial charge in [-0.25, -0.2) is 0 Å². The van der Waals surface area contributed by atoms with Gasteiger partial charge in [0.25, 0.3) is 0 Å². The monoisotopic (exact) mass is 206 g/mol. The van der Waals surface area contributed by atoms with Crippen molar-refractivity contribution in [2.75, 3.05) is 0 Å². The Morgan fingerprint density at radius 3 is 2.62 bits per heavy atom. The lowest BCUT2D eigenvalue weighted by Crippen LogP contribution is -2.14. The highest BCUT2D eigenvalue weighted by Crippen LogP contribution is 2.11. The molecule has 6 nitrogen and oxygen atoms in total. The highest BCUT2D eigenvalue weighted by molar-refractivity contribution is 7.81. The topological polar surface area (TPSA) is 93.8 Å². The second-order valence-corrected chi connectivity index (χ2v) is 3.20. The average molecular weight is 206 g/mol. The fourth-order valence-electron chi connectivity index (χ4n) is 0.706. The van der Waals surface area contributed by atoms with Gasteiger partial charge in [-0.3, -0.25) is 9.35 Å². The Morgan fingerprint density at radius 1 is 1.54 bits per heavy atom. The third-order valence-corrected chi connectivity index (χ3v) is 1.57. The highest BCUT2D eigenvalue weighted by Gasteiger charge is 2.14. The van der Waals surface area contributed by atoms with E-state index >= 15 is 0 Å². The molecule has 0 saturated carbocycles. The van der Waals surface area contributed by atoms with Gasteiger partial charge in [-0.05, 0) is 6.92 Å². The highest BCUT2D eigenvalue weighted by atomic mass is 32.3. The maximum Gasteiger partial charge on any atom is 0.446 e. The molecule has 0 bridgehead atoms. The zero-order chi connectivity index (χ0) is 10.1. The molecule has 1 N–H and O–H groups in total. The van der Waals surface area contributed by atoms with Crippen LogP contribution in [0.15, 0.2) is 21.5 Å². The van der Waals surface area contributed by atoms with Crippen LogP contribution in [-0.2, 0) is 10.4 Å². The van der Waals surface area contributed by atoms with Gasteiger partial charge >= 0.3 is 10.4 Å². The minimum atomic E-state index is -4.68. The standard InChI is InChI=1S/C6H6O6S/c1-4-6(12-13(8,9)10)5(7)2-3-11-4/h2-3H,1H3,(H,8,9,10). The van der Waals surface area contributed by atoms with Crippen LogP contribution in [-0.4, -0.2) is 13.0 Å². The lowest BCUT2D eigenvalue weighted by Gasteiger charge is -2.01. The first-order valence-corrected chi connectivity index (χ1v) is 4.52. The van der Waals surface area contributed by atoms with Crippen molar-refractivity contribution in [2.24, 2.45) is 0 Å². The van der Waals surface area contributed by atoms with Crippen LogP contribution in [0.3, 0.4) is 0 Å². The molecule has 72 valence electrons. The predicted molar refractivity (Wildman–Crippen MR) is 41.9 cm³/mol. The Morgan fingerprint density at radius 2 is 2.15 bits per heavy atom. The molecule has 0 spiro atoms. The van der Waals surface area contributed by atoms with Crippen LogP contribution in [0.4, 0.5) is 0 Å². The van der Waals surface area contributed by atoms with Crippen molar-refractivity contribution in [3.8, 4) is 5.75 Å². The molecule has 0 aromatic carbocycles. The molecular weight excluding hydrogens is 200 g/mol. The molecule has 0 aliphatic carbocycles. The zero-order valence-corrected chi connectivity index (χ0v) is 7.37. The maximum atomic E-state index is 11.0. The van der Waals surface area contributed by atoms with Gasteiger partial charge in [0.05, 0.1) is 6.26 Å². The molecule has 0 amide bonds. The van der Waals surface area contributed by atoms with E-state index in [0.29, 0.717) is 0 Å². The number of rotatable bonds is 2. The van der Waals surface area contributed by atoms with Gasteiger partial charge in [0.1, 0.15) is 5.76 Å². The van der Waals surface area contributed by atoms with Crippen LogP contribution in [0.2, 0.25) is 0 Å². The van der Waals surface area contributed by atoms with E-state index in [1.54, 1.807) is 0 Å². The minimum Gasteiger partial charge on any atom is -0.465 e. The molecule has 0 aliphatic heterocycles. The summed E-state index contributed by atoms with van der Waals surface area (Å²) in [5.74, 6) is -0.560. The predicted octanol–water partition coefficient (Wildman–Crippen LogP) is 0.130. The normalized spacial score (nSPS) is 11.2. The van der Waals surface area contributed by atoms with Crippen LogP contribution in [0.25, 0.3) is 0 Å². The largest absolute Gasteiger partial charge is 0.465 e. The summed E-state index contributed by atoms with van der Waals surface area (Å²) in [5, 5.41) is 0. The Balaban J connectivity index is 3.23. The maximum absolute atomic E-state index is 11.0. The lowest BCUT2D eigenvalue weighted by atomic mass is 10.4. The van der Waals surface area contributed by atoms with Crippen LogP contribution < -0.4 is 9.61 Å². The smallest absolute Gasteiger partial charge is 0.446 e. The summed E-state index contributed by atoms with van der Waals surface area (Å²) in [7, 11) is -4.68. The first-order chi connectivity index (χ1) is 5.90. The Bertz CT molecular complexity index is 456. The van der Waals surface area contributed by atoms with E-state index < -0.39 is 21.6 Å². The molecule has 0 aliphatic rings. The van der Waals surface area contributed by atoms with Gasteiger partial charge in [0.15, 0.2) is 0 Å². The molecule has 1 aromatic heterocycles. The Hall–Kier alpha value is -1.34. The zero-order valence-electron chi connectivity index (χ0n) is 6.55. The van der Waals surface area contributed by atoms with E-state index in [0.717, 1.165) is 12.3 Å². The molecular formula is C6H6O6S. The van der Waals surface area contributed by atoms with Gasteiger partial charge < -0.3 is 8.60 Å². The van der Waals surface area contributed by atoms with E-state index in [4.69, 9.17) is 4.55 Å². The van der Waals surface area contributed by atoms with Gasteiger partial charge in [0.2, 0.25) is 11.2 Å². The van der Waals surface area contributed by atoms with Gasteiger partial charge in [-0.1, -0.05) is 0 Å². The van der Waals surface area contributed by atoms with Crippen molar-refractivity contribution in [1.82, 2.24) is 0 Å². The first kappa shape index (κ1) is 9.75. The van der Waals surface area contributed by atoms with E-state index in [1.807, 2.05) is 0 Å². The van der Waals surface area contributed by atoms with Gasteiger partial charge in [-0.15, -0.1) is 0 Å². The molecule has 13 heavy (non-hydrogen) atoms. The van der Waals surface area contributed by atoms with E-state index in [1.165, 1.54) is 6.92 Å². The third-order valence-electron chi connectivity index (χ3n) is 1.20. The van der Waals surface area contributed by atoms with E-state index in [2.05, 4.69) is 8.60 Å². The molecule has 0 atom stereocenters. The van der Waals surface area contributed by atoms with Crippen molar-refractivity contribution in [3.63, 3.8) is 0 Å². The lowest BCUT2D eigenvalue weighted by molar-refractivity contribution is 0.372. The summed E-state index contributed by atoms with van der Waals surface area (Å²) in [5.41, 5.74) is -0.679. The molecule has 1 heterocycles. The second-order valence-electron chi connectivity index (χ2n) is 2.18. The third kappa shape index (κ3) is 2.56. The first-order valence-electron chi connectivity index (χ1n) is 3.15. The molecule has 1 aromatic rings. The van der Waals surface area contributed by atoms with Crippen LogP contribution in [0.5, 0.6) is 5.75 Å². The molecule has 1 rings (SSSR count). The SMILES string of the molecule is Cc1occc(=O)c1OS(=O)(=O)O. The average Bonchev–Trinajstić information content (AvgIpc) is 1.95. The summed E-state index contributed by atoms with van der Waals surface area (Å²) in [4.78, 5) is 11.0. The molecule has 0 unspecified atom stereocenters. The van der Waals surface area contributed by atoms with Gasteiger partial charge in [-0.2, -0.15) is 8.42 Å². The van der Waals surface area contributed by atoms with Crippen LogP contribution in [0.1, 0.15) is 5.76 Å². The minimum absolute atomic E-state index is 0.0230. The van der Waals surface area contributed by atoms with Crippen molar-refractivity contribution in [1.29, 1.82) is 0 Å². The van der Waals surface area contributed by atoms with Crippen molar-refractivity contribution >= 4 is 10.4 Å². The summed E-state index contributed by atoms with van der Waals surface area (Å²) < 4.78 is 37.5. The van der Waals surface area contributed by atoms with Crippen molar-refractivity contribution < 1.29 is 21.6 Å². The molecule has 0 saturated heterocycles. The Kier molecular flexibility index (Phi) is 2.39. The molecule has 7 heteroatoms. The van der Waals surface area contributed by atoms with Gasteiger partial charge in [0, 0.05) is 6.07 Å². The fourth-order valence-corrected chi connectivity index (χ4v) is 1.12. The van der Waals surface area contributed by atoms with Crippen molar-refractivity contribution in [2.45, 2.75) is 6.92 Å².